The number of hydrogen-bond acceptors (Lipinski definition) is 2. The van der Waals surface area contributed by atoms with Gasteiger partial charge in [0.25, 0.3) is 0 Å². The zero-order valence-corrected chi connectivity index (χ0v) is 14.2. The summed E-state index contributed by atoms with van der Waals surface area (Å²) < 4.78 is 0. The Morgan fingerprint density at radius 2 is 2.05 bits per heavy atom. The summed E-state index contributed by atoms with van der Waals surface area (Å²) in [4.78, 5) is 0. The van der Waals surface area contributed by atoms with Crippen molar-refractivity contribution >= 4 is 17.3 Å². The summed E-state index contributed by atoms with van der Waals surface area (Å²) in [6, 6.07) is 7.78. The van der Waals surface area contributed by atoms with Crippen molar-refractivity contribution in [3.8, 4) is 0 Å². The van der Waals surface area contributed by atoms with Gasteiger partial charge in [0.15, 0.2) is 0 Å². The van der Waals surface area contributed by atoms with Gasteiger partial charge in [-0.15, -0.1) is 0 Å². The lowest BCUT2D eigenvalue weighted by molar-refractivity contribution is 0.182. The predicted molar refractivity (Wildman–Crippen MR) is 90.9 cm³/mol. The van der Waals surface area contributed by atoms with E-state index in [0.29, 0.717) is 5.41 Å². The third-order valence-electron chi connectivity index (χ3n) is 4.94. The SMILES string of the molecule is CC(C)(C)C1CCCC(CO)(Nc2cccc(Cl)c2)CC1. The van der Waals surface area contributed by atoms with E-state index in [1.807, 2.05) is 24.3 Å². The second-order valence-corrected chi connectivity index (χ2v) is 8.00. The number of anilines is 1. The van der Waals surface area contributed by atoms with Crippen LogP contribution < -0.4 is 5.32 Å². The summed E-state index contributed by atoms with van der Waals surface area (Å²) in [5, 5.41) is 14.3. The molecule has 0 aliphatic heterocycles. The molecule has 0 bridgehead atoms. The van der Waals surface area contributed by atoms with Crippen molar-refractivity contribution in [3.05, 3.63) is 29.3 Å². The lowest BCUT2D eigenvalue weighted by atomic mass is 9.76. The fourth-order valence-corrected chi connectivity index (χ4v) is 3.66. The van der Waals surface area contributed by atoms with Crippen LogP contribution in [0, 0.1) is 11.3 Å². The van der Waals surface area contributed by atoms with Gasteiger partial charge in [-0.3, -0.25) is 0 Å². The smallest absolute Gasteiger partial charge is 0.0661 e. The molecule has 2 N–H and O–H groups in total. The molecule has 3 heteroatoms. The Balaban J connectivity index is 2.11. The monoisotopic (exact) mass is 309 g/mol. The van der Waals surface area contributed by atoms with Gasteiger partial charge in [0.05, 0.1) is 12.1 Å². The van der Waals surface area contributed by atoms with E-state index in [-0.39, 0.29) is 12.1 Å². The molecule has 1 aliphatic carbocycles. The van der Waals surface area contributed by atoms with Crippen LogP contribution in [0.4, 0.5) is 5.69 Å². The first-order valence-corrected chi connectivity index (χ1v) is 8.37. The normalized spacial score (nSPS) is 27.2. The minimum atomic E-state index is -0.204. The summed E-state index contributed by atoms with van der Waals surface area (Å²) in [5.41, 5.74) is 1.15. The highest BCUT2D eigenvalue weighted by Crippen LogP contribution is 2.40. The van der Waals surface area contributed by atoms with E-state index in [2.05, 4.69) is 26.1 Å². The molecule has 0 aromatic heterocycles. The highest BCUT2D eigenvalue weighted by molar-refractivity contribution is 6.30. The van der Waals surface area contributed by atoms with Gasteiger partial charge < -0.3 is 10.4 Å². The summed E-state index contributed by atoms with van der Waals surface area (Å²) in [7, 11) is 0. The number of halogens is 1. The number of rotatable bonds is 3. The second kappa shape index (κ2) is 6.58. The molecule has 1 aliphatic rings. The molecule has 0 heterocycles. The molecular weight excluding hydrogens is 282 g/mol. The zero-order chi connectivity index (χ0) is 15.5. The van der Waals surface area contributed by atoms with Crippen LogP contribution in [0.5, 0.6) is 0 Å². The van der Waals surface area contributed by atoms with Crippen molar-refractivity contribution in [2.45, 2.75) is 58.4 Å². The average molecular weight is 310 g/mol. The van der Waals surface area contributed by atoms with Crippen LogP contribution in [0.3, 0.4) is 0 Å². The third kappa shape index (κ3) is 4.37. The van der Waals surface area contributed by atoms with Crippen LogP contribution in [0.2, 0.25) is 5.02 Å². The fourth-order valence-electron chi connectivity index (χ4n) is 3.47. The van der Waals surface area contributed by atoms with Gasteiger partial charge in [0.1, 0.15) is 0 Å². The summed E-state index contributed by atoms with van der Waals surface area (Å²) in [5.74, 6) is 0.729. The summed E-state index contributed by atoms with van der Waals surface area (Å²) in [6.07, 6.45) is 5.61. The second-order valence-electron chi connectivity index (χ2n) is 7.57. The molecule has 118 valence electrons. The van der Waals surface area contributed by atoms with Gasteiger partial charge in [-0.2, -0.15) is 0 Å². The molecule has 1 aromatic carbocycles. The fraction of sp³-hybridized carbons (Fsp3) is 0.667. The molecule has 1 saturated carbocycles. The Morgan fingerprint density at radius 1 is 1.29 bits per heavy atom. The minimum absolute atomic E-state index is 0.177. The van der Waals surface area contributed by atoms with E-state index < -0.39 is 0 Å². The van der Waals surface area contributed by atoms with Crippen molar-refractivity contribution in [2.75, 3.05) is 11.9 Å². The largest absolute Gasteiger partial charge is 0.394 e. The van der Waals surface area contributed by atoms with Gasteiger partial charge in [-0.25, -0.2) is 0 Å². The van der Waals surface area contributed by atoms with Crippen LogP contribution in [0.25, 0.3) is 0 Å². The Labute approximate surface area is 133 Å². The number of aliphatic hydroxyl groups excluding tert-OH is 1. The predicted octanol–water partition coefficient (Wildman–Crippen LogP) is 5.11. The number of hydrogen-bond donors (Lipinski definition) is 2. The maximum Gasteiger partial charge on any atom is 0.0661 e. The van der Waals surface area contributed by atoms with Gasteiger partial charge in [-0.05, 0) is 55.2 Å². The van der Waals surface area contributed by atoms with Crippen LogP contribution in [0.1, 0.15) is 52.9 Å². The lowest BCUT2D eigenvalue weighted by Crippen LogP contribution is -2.41. The first-order chi connectivity index (χ1) is 9.85. The van der Waals surface area contributed by atoms with Crippen molar-refractivity contribution in [2.24, 2.45) is 11.3 Å². The lowest BCUT2D eigenvalue weighted by Gasteiger charge is -2.34. The van der Waals surface area contributed by atoms with Crippen LogP contribution >= 0.6 is 11.6 Å². The molecular formula is C18H28ClNO. The molecule has 2 rings (SSSR count). The number of nitrogens with one attached hydrogen (secondary N) is 1. The van der Waals surface area contributed by atoms with Crippen molar-refractivity contribution in [1.29, 1.82) is 0 Å². The molecule has 0 amide bonds. The molecule has 0 radical (unpaired) electrons. The summed E-state index contributed by atoms with van der Waals surface area (Å²) >= 11 is 6.06. The van der Waals surface area contributed by atoms with E-state index in [0.717, 1.165) is 42.3 Å². The zero-order valence-electron chi connectivity index (χ0n) is 13.5. The molecule has 0 spiro atoms. The van der Waals surface area contributed by atoms with E-state index >= 15 is 0 Å². The van der Waals surface area contributed by atoms with Crippen molar-refractivity contribution in [1.82, 2.24) is 0 Å². The van der Waals surface area contributed by atoms with E-state index in [4.69, 9.17) is 11.6 Å². The molecule has 1 fully saturated rings. The molecule has 2 unspecified atom stereocenters. The first-order valence-electron chi connectivity index (χ1n) is 7.99. The van der Waals surface area contributed by atoms with Gasteiger partial charge in [-0.1, -0.05) is 44.9 Å². The molecule has 2 nitrogen and oxygen atoms in total. The Hall–Kier alpha value is -0.730. The quantitative estimate of drug-likeness (QED) is 0.760. The standard InChI is InChI=1S/C18H28ClNO/c1-17(2,3)14-6-5-10-18(13-21,11-9-14)20-16-8-4-7-15(19)12-16/h4,7-8,12,14,20-21H,5-6,9-11,13H2,1-3H3. The highest BCUT2D eigenvalue weighted by atomic mass is 35.5. The van der Waals surface area contributed by atoms with E-state index in [1.165, 1.54) is 6.42 Å². The Bertz CT molecular complexity index is 469. The summed E-state index contributed by atoms with van der Waals surface area (Å²) in [6.45, 7) is 7.16. The number of benzene rings is 1. The molecule has 0 saturated heterocycles. The third-order valence-corrected chi connectivity index (χ3v) is 5.18. The first kappa shape index (κ1) is 16.6. The van der Waals surface area contributed by atoms with Crippen LogP contribution in [-0.4, -0.2) is 17.3 Å². The van der Waals surface area contributed by atoms with Gasteiger partial charge in [0, 0.05) is 10.7 Å². The van der Waals surface area contributed by atoms with Crippen molar-refractivity contribution in [3.63, 3.8) is 0 Å². The van der Waals surface area contributed by atoms with E-state index in [1.54, 1.807) is 0 Å². The topological polar surface area (TPSA) is 32.3 Å². The average Bonchev–Trinajstić information content (AvgIpc) is 2.62. The maximum absolute atomic E-state index is 9.99. The van der Waals surface area contributed by atoms with Gasteiger partial charge >= 0.3 is 0 Å². The molecule has 2 atom stereocenters. The van der Waals surface area contributed by atoms with E-state index in [9.17, 15) is 5.11 Å². The highest BCUT2D eigenvalue weighted by Gasteiger charge is 2.35. The van der Waals surface area contributed by atoms with Crippen LogP contribution in [0.15, 0.2) is 24.3 Å². The molecule has 1 aromatic rings. The number of aliphatic hydroxyl groups is 1. The van der Waals surface area contributed by atoms with Crippen molar-refractivity contribution < 1.29 is 5.11 Å². The van der Waals surface area contributed by atoms with Crippen LogP contribution in [-0.2, 0) is 0 Å². The molecule has 21 heavy (non-hydrogen) atoms. The Kier molecular flexibility index (Phi) is 5.21. The maximum atomic E-state index is 9.99. The minimum Gasteiger partial charge on any atom is -0.394 e. The van der Waals surface area contributed by atoms with Gasteiger partial charge in [0.2, 0.25) is 0 Å². The Morgan fingerprint density at radius 3 is 2.67 bits per heavy atom.